The highest BCUT2D eigenvalue weighted by Gasteiger charge is 2.34. The van der Waals surface area contributed by atoms with E-state index in [1.807, 2.05) is 0 Å². The number of benzene rings is 2. The summed E-state index contributed by atoms with van der Waals surface area (Å²) in [6, 6.07) is 12.9. The van der Waals surface area contributed by atoms with Crippen molar-refractivity contribution < 1.29 is 27.5 Å². The molecule has 0 saturated carbocycles. The monoisotopic (exact) mass is 457 g/mol. The Morgan fingerprint density at radius 3 is 2.35 bits per heavy atom. The van der Waals surface area contributed by atoms with Gasteiger partial charge in [0.15, 0.2) is 0 Å². The minimum absolute atomic E-state index is 0.0712. The third-order valence-electron chi connectivity index (χ3n) is 5.15. The van der Waals surface area contributed by atoms with Gasteiger partial charge in [-0.3, -0.25) is 4.79 Å². The fourth-order valence-electron chi connectivity index (χ4n) is 3.52. The number of methoxy groups -OCH3 is 2. The number of carbonyl (C=O) groups is 2. The second-order valence-corrected chi connectivity index (χ2v) is 9.77. The molecule has 0 fully saturated rings. The molecule has 2 aromatic carbocycles. The Bertz CT molecular complexity index is 1240. The molecule has 1 N–H and O–H groups in total. The zero-order chi connectivity index (χ0) is 22.2. The van der Waals surface area contributed by atoms with Gasteiger partial charge < -0.3 is 14.8 Å². The number of amides is 1. The van der Waals surface area contributed by atoms with E-state index in [2.05, 4.69) is 5.32 Å². The number of hydrogen-bond acceptors (Lipinski definition) is 7. The van der Waals surface area contributed by atoms with Crippen molar-refractivity contribution in [1.82, 2.24) is 0 Å². The standard InChI is InChI=1S/C22H19NO6S2/c1-28-15-7-9-16(10-8-15)31(26,27)18-12-30-21-17(11-19(24)23-20(18)21)13-3-5-14(6-4-13)22(25)29-2/h3-10,12,17H,11H2,1-2H3,(H,23,24)/t17-/m0/s1. The molecule has 1 amide bonds. The molecule has 3 aromatic rings. The Balaban J connectivity index is 1.73. The molecule has 0 saturated heterocycles. The lowest BCUT2D eigenvalue weighted by Gasteiger charge is -2.24. The van der Waals surface area contributed by atoms with Crippen LogP contribution in [0.15, 0.2) is 63.7 Å². The molecule has 0 spiro atoms. The van der Waals surface area contributed by atoms with Crippen molar-refractivity contribution in [3.05, 3.63) is 69.9 Å². The van der Waals surface area contributed by atoms with Crippen molar-refractivity contribution in [2.75, 3.05) is 19.5 Å². The molecule has 9 heteroatoms. The first-order chi connectivity index (χ1) is 14.8. The number of esters is 1. The molecule has 1 aliphatic heterocycles. The van der Waals surface area contributed by atoms with Gasteiger partial charge in [-0.05, 0) is 42.0 Å². The molecule has 1 aromatic heterocycles. The highest BCUT2D eigenvalue weighted by molar-refractivity contribution is 7.91. The largest absolute Gasteiger partial charge is 0.497 e. The smallest absolute Gasteiger partial charge is 0.337 e. The molecule has 7 nitrogen and oxygen atoms in total. The Kier molecular flexibility index (Phi) is 5.55. The zero-order valence-electron chi connectivity index (χ0n) is 16.7. The number of hydrogen-bond donors (Lipinski definition) is 1. The van der Waals surface area contributed by atoms with Crippen LogP contribution in [0.25, 0.3) is 0 Å². The van der Waals surface area contributed by atoms with Crippen LogP contribution in [-0.2, 0) is 19.4 Å². The van der Waals surface area contributed by atoms with E-state index in [-0.39, 0.29) is 28.0 Å². The molecule has 2 heterocycles. The quantitative estimate of drug-likeness (QED) is 0.585. The van der Waals surface area contributed by atoms with Crippen molar-refractivity contribution >= 4 is 38.7 Å². The van der Waals surface area contributed by atoms with Crippen LogP contribution in [0.1, 0.15) is 33.1 Å². The maximum Gasteiger partial charge on any atom is 0.337 e. The van der Waals surface area contributed by atoms with Gasteiger partial charge in [-0.1, -0.05) is 12.1 Å². The van der Waals surface area contributed by atoms with E-state index in [0.717, 1.165) is 10.4 Å². The molecule has 160 valence electrons. The van der Waals surface area contributed by atoms with E-state index >= 15 is 0 Å². The van der Waals surface area contributed by atoms with Gasteiger partial charge in [-0.15, -0.1) is 11.3 Å². The maximum absolute atomic E-state index is 13.2. The average molecular weight is 458 g/mol. The molecule has 4 rings (SSSR count). The van der Waals surface area contributed by atoms with E-state index in [1.165, 1.54) is 37.7 Å². The molecule has 0 unspecified atom stereocenters. The molecule has 1 atom stereocenters. The highest BCUT2D eigenvalue weighted by Crippen LogP contribution is 2.45. The summed E-state index contributed by atoms with van der Waals surface area (Å²) in [4.78, 5) is 25.1. The number of rotatable bonds is 5. The van der Waals surface area contributed by atoms with Crippen LogP contribution in [0.2, 0.25) is 0 Å². The third-order valence-corrected chi connectivity index (χ3v) is 8.19. The molecular formula is C22H19NO6S2. The van der Waals surface area contributed by atoms with Gasteiger partial charge in [-0.2, -0.15) is 0 Å². The first kappa shape index (κ1) is 21.1. The molecule has 0 aliphatic carbocycles. The third kappa shape index (κ3) is 3.82. The minimum atomic E-state index is -3.83. The van der Waals surface area contributed by atoms with Crippen LogP contribution in [0.3, 0.4) is 0 Å². The number of sulfone groups is 1. The first-order valence-electron chi connectivity index (χ1n) is 9.33. The van der Waals surface area contributed by atoms with Gasteiger partial charge in [0.2, 0.25) is 15.7 Å². The second kappa shape index (κ2) is 8.16. The summed E-state index contributed by atoms with van der Waals surface area (Å²) < 4.78 is 36.3. The van der Waals surface area contributed by atoms with Crippen molar-refractivity contribution in [3.8, 4) is 5.75 Å². The minimum Gasteiger partial charge on any atom is -0.497 e. The van der Waals surface area contributed by atoms with E-state index in [0.29, 0.717) is 17.0 Å². The number of nitrogens with one attached hydrogen (secondary N) is 1. The molecule has 31 heavy (non-hydrogen) atoms. The first-order valence-corrected chi connectivity index (χ1v) is 11.7. The normalized spacial score (nSPS) is 15.7. The lowest BCUT2D eigenvalue weighted by atomic mass is 9.90. The van der Waals surface area contributed by atoms with Crippen LogP contribution in [-0.4, -0.2) is 34.5 Å². The summed E-state index contributed by atoms with van der Waals surface area (Å²) in [6.45, 7) is 0. The van der Waals surface area contributed by atoms with Crippen molar-refractivity contribution in [2.24, 2.45) is 0 Å². The summed E-state index contributed by atoms with van der Waals surface area (Å²) in [5, 5.41) is 4.30. The fraction of sp³-hybridized carbons (Fsp3) is 0.182. The van der Waals surface area contributed by atoms with Crippen LogP contribution in [0, 0.1) is 0 Å². The Morgan fingerprint density at radius 1 is 1.06 bits per heavy atom. The fourth-order valence-corrected chi connectivity index (χ4v) is 6.43. The second-order valence-electron chi connectivity index (χ2n) is 6.94. The maximum atomic E-state index is 13.2. The van der Waals surface area contributed by atoms with Crippen molar-refractivity contribution in [2.45, 2.75) is 22.1 Å². The predicted octanol–water partition coefficient (Wildman–Crippen LogP) is 3.85. The summed E-state index contributed by atoms with van der Waals surface area (Å²) in [5.41, 5.74) is 1.54. The summed E-state index contributed by atoms with van der Waals surface area (Å²) in [5.74, 6) is -0.466. The van der Waals surface area contributed by atoms with E-state index < -0.39 is 15.8 Å². The SMILES string of the molecule is COC(=O)c1ccc([C@@H]2CC(=O)Nc3c(S(=O)(=O)c4ccc(OC)cc4)csc32)cc1. The summed E-state index contributed by atoms with van der Waals surface area (Å²) >= 11 is 1.29. The molecule has 0 bridgehead atoms. The van der Waals surface area contributed by atoms with E-state index in [1.54, 1.807) is 41.8 Å². The number of anilines is 1. The number of fused-ring (bicyclic) bond motifs is 1. The number of thiophene rings is 1. The average Bonchev–Trinajstić information content (AvgIpc) is 3.22. The highest BCUT2D eigenvalue weighted by atomic mass is 32.2. The van der Waals surface area contributed by atoms with Gasteiger partial charge in [-0.25, -0.2) is 13.2 Å². The number of ether oxygens (including phenoxy) is 2. The van der Waals surface area contributed by atoms with Crippen LogP contribution in [0.4, 0.5) is 5.69 Å². The van der Waals surface area contributed by atoms with Crippen molar-refractivity contribution in [3.63, 3.8) is 0 Å². The van der Waals surface area contributed by atoms with Crippen LogP contribution in [0.5, 0.6) is 5.75 Å². The number of carbonyl (C=O) groups excluding carboxylic acids is 2. The van der Waals surface area contributed by atoms with Gasteiger partial charge >= 0.3 is 5.97 Å². The van der Waals surface area contributed by atoms with Gasteiger partial charge in [0, 0.05) is 22.6 Å². The lowest BCUT2D eigenvalue weighted by molar-refractivity contribution is -0.116. The zero-order valence-corrected chi connectivity index (χ0v) is 18.4. The van der Waals surface area contributed by atoms with Gasteiger partial charge in [0.1, 0.15) is 10.6 Å². The van der Waals surface area contributed by atoms with Crippen molar-refractivity contribution in [1.29, 1.82) is 0 Å². The van der Waals surface area contributed by atoms with Crippen LogP contribution >= 0.6 is 11.3 Å². The van der Waals surface area contributed by atoms with E-state index in [4.69, 9.17) is 9.47 Å². The molecule has 1 aliphatic rings. The Morgan fingerprint density at radius 2 is 1.74 bits per heavy atom. The molecular weight excluding hydrogens is 438 g/mol. The van der Waals surface area contributed by atoms with Gasteiger partial charge in [0.25, 0.3) is 0 Å². The molecule has 0 radical (unpaired) electrons. The Labute approximate surface area is 183 Å². The Hall–Kier alpha value is -3.17. The topological polar surface area (TPSA) is 98.8 Å². The predicted molar refractivity (Wildman–Crippen MR) is 116 cm³/mol. The van der Waals surface area contributed by atoms with E-state index in [9.17, 15) is 18.0 Å². The van der Waals surface area contributed by atoms with Gasteiger partial charge in [0.05, 0.1) is 30.4 Å². The van der Waals surface area contributed by atoms with Crippen LogP contribution < -0.4 is 10.1 Å². The lowest BCUT2D eigenvalue weighted by Crippen LogP contribution is -2.23. The summed E-state index contributed by atoms with van der Waals surface area (Å²) in [7, 11) is -1.02. The summed E-state index contributed by atoms with van der Waals surface area (Å²) in [6.07, 6.45) is 0.188.